The van der Waals surface area contributed by atoms with Crippen LogP contribution in [0.25, 0.3) is 0 Å². The molecule has 0 aliphatic carbocycles. The van der Waals surface area contributed by atoms with Crippen LogP contribution in [-0.4, -0.2) is 5.25 Å². The van der Waals surface area contributed by atoms with Crippen molar-refractivity contribution in [3.05, 3.63) is 28.3 Å². The molecule has 0 bridgehead atoms. The van der Waals surface area contributed by atoms with E-state index in [2.05, 4.69) is 80.1 Å². The van der Waals surface area contributed by atoms with E-state index in [1.165, 1.54) is 17.5 Å². The Balaban J connectivity index is 2.74. The Hall–Kier alpha value is -0.430. The van der Waals surface area contributed by atoms with Gasteiger partial charge in [0, 0.05) is 10.1 Å². The van der Waals surface area contributed by atoms with Crippen molar-refractivity contribution in [2.24, 2.45) is 17.8 Å². The first-order valence-corrected chi connectivity index (χ1v) is 10.3. The van der Waals surface area contributed by atoms with Crippen LogP contribution in [0.3, 0.4) is 0 Å². The molecule has 1 aliphatic rings. The Morgan fingerprint density at radius 2 is 1.65 bits per heavy atom. The molecule has 0 aromatic heterocycles. The molecule has 1 aromatic rings. The summed E-state index contributed by atoms with van der Waals surface area (Å²) in [5.74, 6) is 3.57. The molecule has 1 heterocycles. The summed E-state index contributed by atoms with van der Waals surface area (Å²) in [5, 5.41) is 0.692. The minimum atomic E-state index is 0.604. The van der Waals surface area contributed by atoms with Gasteiger partial charge in [-0.05, 0) is 72.1 Å². The minimum Gasteiger partial charge on any atom is -0.122 e. The van der Waals surface area contributed by atoms with Crippen molar-refractivity contribution in [1.29, 1.82) is 0 Å². The van der Waals surface area contributed by atoms with E-state index in [4.69, 9.17) is 0 Å². The highest BCUT2D eigenvalue weighted by atomic mass is 32.2. The predicted molar refractivity (Wildman–Crippen MR) is 106 cm³/mol. The van der Waals surface area contributed by atoms with E-state index < -0.39 is 0 Å². The number of hydrogen-bond acceptors (Lipinski definition) is 1. The molecule has 130 valence electrons. The monoisotopic (exact) mass is 332 g/mol. The van der Waals surface area contributed by atoms with Gasteiger partial charge in [0.15, 0.2) is 0 Å². The Labute approximate surface area is 148 Å². The molecule has 0 N–H and O–H groups in total. The van der Waals surface area contributed by atoms with Crippen molar-refractivity contribution in [3.8, 4) is 0 Å². The summed E-state index contributed by atoms with van der Waals surface area (Å²) < 4.78 is 0. The van der Waals surface area contributed by atoms with Gasteiger partial charge in [0.25, 0.3) is 0 Å². The lowest BCUT2D eigenvalue weighted by atomic mass is 9.74. The molecular weight excluding hydrogens is 296 g/mol. The van der Waals surface area contributed by atoms with E-state index in [1.54, 1.807) is 16.0 Å². The summed E-state index contributed by atoms with van der Waals surface area (Å²) in [6.07, 6.45) is 1.33. The minimum absolute atomic E-state index is 0.604. The molecular formula is C22H36S. The van der Waals surface area contributed by atoms with Crippen LogP contribution >= 0.6 is 11.8 Å². The van der Waals surface area contributed by atoms with Crippen molar-refractivity contribution in [1.82, 2.24) is 0 Å². The standard InChI is InChI=1S/C22H36S/c1-12(2)19-10-14(5)16(7)18(9)23-22-17(8)15(6)11-20(13(3)4)21(19)22/h11-14,16,18-19H,10H2,1-9H3/t14-,16-,18-,19?/m0/s1. The zero-order chi connectivity index (χ0) is 17.5. The molecule has 0 nitrogen and oxygen atoms in total. The van der Waals surface area contributed by atoms with Crippen LogP contribution in [0.1, 0.15) is 89.0 Å². The molecule has 1 aromatic carbocycles. The maximum absolute atomic E-state index is 2.48. The average molecular weight is 333 g/mol. The Morgan fingerprint density at radius 3 is 2.17 bits per heavy atom. The quantitative estimate of drug-likeness (QED) is 0.546. The highest BCUT2D eigenvalue weighted by molar-refractivity contribution is 8.00. The van der Waals surface area contributed by atoms with Gasteiger partial charge in [0.2, 0.25) is 0 Å². The van der Waals surface area contributed by atoms with E-state index in [1.807, 2.05) is 0 Å². The van der Waals surface area contributed by atoms with Gasteiger partial charge in [-0.15, -0.1) is 11.8 Å². The third kappa shape index (κ3) is 3.65. The highest BCUT2D eigenvalue weighted by Gasteiger charge is 2.33. The molecule has 23 heavy (non-hydrogen) atoms. The van der Waals surface area contributed by atoms with Gasteiger partial charge >= 0.3 is 0 Å². The van der Waals surface area contributed by atoms with Crippen molar-refractivity contribution in [2.75, 3.05) is 0 Å². The summed E-state index contributed by atoms with van der Waals surface area (Å²) in [5.41, 5.74) is 6.28. The normalized spacial score (nSPS) is 28.7. The second-order valence-corrected chi connectivity index (χ2v) is 9.94. The number of rotatable bonds is 2. The van der Waals surface area contributed by atoms with E-state index in [0.29, 0.717) is 23.0 Å². The van der Waals surface area contributed by atoms with Crippen molar-refractivity contribution in [3.63, 3.8) is 0 Å². The van der Waals surface area contributed by atoms with Gasteiger partial charge in [0.1, 0.15) is 0 Å². The fraction of sp³-hybridized carbons (Fsp3) is 0.727. The Bertz CT molecular complexity index is 556. The SMILES string of the molecule is Cc1cc(C(C)C)c2c(c1C)S[C@@H](C)[C@@H](C)[C@@H](C)CC2C(C)C. The topological polar surface area (TPSA) is 0 Å². The lowest BCUT2D eigenvalue weighted by molar-refractivity contribution is 0.300. The fourth-order valence-electron chi connectivity index (χ4n) is 4.04. The maximum Gasteiger partial charge on any atom is 0.0144 e. The first-order chi connectivity index (χ1) is 10.6. The molecule has 1 heteroatoms. The van der Waals surface area contributed by atoms with E-state index in [0.717, 1.165) is 11.8 Å². The number of benzene rings is 1. The van der Waals surface area contributed by atoms with Crippen LogP contribution in [0.15, 0.2) is 11.0 Å². The Morgan fingerprint density at radius 1 is 1.04 bits per heavy atom. The van der Waals surface area contributed by atoms with Gasteiger partial charge in [-0.3, -0.25) is 0 Å². The fourth-order valence-corrected chi connectivity index (χ4v) is 5.63. The van der Waals surface area contributed by atoms with Gasteiger partial charge in [0.05, 0.1) is 0 Å². The highest BCUT2D eigenvalue weighted by Crippen LogP contribution is 2.49. The second-order valence-electron chi connectivity index (χ2n) is 8.55. The molecule has 2 rings (SSSR count). The molecule has 0 radical (unpaired) electrons. The first kappa shape index (κ1) is 18.9. The van der Waals surface area contributed by atoms with Gasteiger partial charge in [-0.25, -0.2) is 0 Å². The molecule has 0 spiro atoms. The van der Waals surface area contributed by atoms with Crippen molar-refractivity contribution < 1.29 is 0 Å². The number of fused-ring (bicyclic) bond motifs is 1. The zero-order valence-corrected chi connectivity index (χ0v) is 17.5. The van der Waals surface area contributed by atoms with Gasteiger partial charge in [-0.1, -0.05) is 54.5 Å². The molecule has 0 saturated carbocycles. The van der Waals surface area contributed by atoms with Crippen LogP contribution < -0.4 is 0 Å². The summed E-state index contributed by atoms with van der Waals surface area (Å²) in [6.45, 7) is 21.6. The average Bonchev–Trinajstić information content (AvgIpc) is 2.47. The van der Waals surface area contributed by atoms with Crippen molar-refractivity contribution in [2.45, 2.75) is 90.7 Å². The molecule has 0 fully saturated rings. The number of aryl methyl sites for hydroxylation is 1. The van der Waals surface area contributed by atoms with Crippen molar-refractivity contribution >= 4 is 11.8 Å². The van der Waals surface area contributed by atoms with Crippen LogP contribution in [0.5, 0.6) is 0 Å². The maximum atomic E-state index is 2.48. The third-order valence-corrected chi connectivity index (χ3v) is 7.79. The smallest absolute Gasteiger partial charge is 0.0144 e. The third-order valence-electron chi connectivity index (χ3n) is 6.22. The number of thioether (sulfide) groups is 1. The van der Waals surface area contributed by atoms with Crippen LogP contribution in [-0.2, 0) is 0 Å². The lowest BCUT2D eigenvalue weighted by Crippen LogP contribution is -2.26. The molecule has 4 atom stereocenters. The van der Waals surface area contributed by atoms with Gasteiger partial charge < -0.3 is 0 Å². The molecule has 0 amide bonds. The molecule has 0 saturated heterocycles. The van der Waals surface area contributed by atoms with Crippen LogP contribution in [0, 0.1) is 31.6 Å². The van der Waals surface area contributed by atoms with E-state index in [-0.39, 0.29) is 0 Å². The molecule has 1 unspecified atom stereocenters. The second kappa shape index (κ2) is 7.21. The van der Waals surface area contributed by atoms with E-state index >= 15 is 0 Å². The largest absolute Gasteiger partial charge is 0.122 e. The van der Waals surface area contributed by atoms with E-state index in [9.17, 15) is 0 Å². The summed E-state index contributed by atoms with van der Waals surface area (Å²) in [6, 6.07) is 2.48. The lowest BCUT2D eigenvalue weighted by Gasteiger charge is -2.38. The van der Waals surface area contributed by atoms with Crippen LogP contribution in [0.2, 0.25) is 0 Å². The summed E-state index contributed by atoms with van der Waals surface area (Å²) in [7, 11) is 0. The van der Waals surface area contributed by atoms with Crippen LogP contribution in [0.4, 0.5) is 0 Å². The Kier molecular flexibility index (Phi) is 5.93. The summed E-state index contributed by atoms with van der Waals surface area (Å²) >= 11 is 2.15. The number of hydrogen-bond donors (Lipinski definition) is 0. The zero-order valence-electron chi connectivity index (χ0n) is 16.7. The predicted octanol–water partition coefficient (Wildman–Crippen LogP) is 7.32. The van der Waals surface area contributed by atoms with Gasteiger partial charge in [-0.2, -0.15) is 0 Å². The first-order valence-electron chi connectivity index (χ1n) is 9.45. The summed E-state index contributed by atoms with van der Waals surface area (Å²) in [4.78, 5) is 1.61. The molecule has 1 aliphatic heterocycles.